The number of nitrogens with zero attached hydrogens (tertiary/aromatic N) is 2. The van der Waals surface area contributed by atoms with E-state index in [9.17, 15) is 18.4 Å². The van der Waals surface area contributed by atoms with Crippen LogP contribution in [0.15, 0.2) is 42.5 Å². The maximum absolute atomic E-state index is 13.2. The first kappa shape index (κ1) is 23.2. The van der Waals surface area contributed by atoms with Crippen LogP contribution >= 0.6 is 11.3 Å². The molecule has 0 bridgehead atoms. The van der Waals surface area contributed by atoms with E-state index in [0.717, 1.165) is 12.8 Å². The highest BCUT2D eigenvalue weighted by molar-refractivity contribution is 7.19. The van der Waals surface area contributed by atoms with Gasteiger partial charge in [0.15, 0.2) is 5.13 Å². The van der Waals surface area contributed by atoms with Crippen LogP contribution in [-0.4, -0.2) is 34.5 Å². The first-order valence-electron chi connectivity index (χ1n) is 11.2. The molecule has 10 heteroatoms. The number of nitrogens with one attached hydrogen (secondary N) is 1. The summed E-state index contributed by atoms with van der Waals surface area (Å²) in [6.45, 7) is 1.03. The van der Waals surface area contributed by atoms with Crippen molar-refractivity contribution in [2.75, 3.05) is 5.32 Å². The summed E-state index contributed by atoms with van der Waals surface area (Å²) in [4.78, 5) is 32.1. The van der Waals surface area contributed by atoms with Gasteiger partial charge in [-0.3, -0.25) is 10.1 Å². The van der Waals surface area contributed by atoms with Crippen LogP contribution in [0.4, 0.5) is 18.7 Å². The fourth-order valence-corrected chi connectivity index (χ4v) is 5.29. The number of ether oxygens (including phenoxy) is 2. The Bertz CT molecular complexity index is 1280. The van der Waals surface area contributed by atoms with Crippen molar-refractivity contribution >= 4 is 28.5 Å². The standard InChI is InChI=1S/C25H23F2N3O4S/c1-13-21(35-24(28-13)29-25(32)33-18-6-4-3-5-7-18)16-10-17-12-30(14(2)15-8-9-15)22(31)20(17)19(11-16)34-23(26)27/h3-7,10-11,14-15,23H,8-9,12H2,1-2H3,(H,28,29,32)/t14-/m0/s1. The zero-order chi connectivity index (χ0) is 24.7. The number of hydrogen-bond donors (Lipinski definition) is 1. The van der Waals surface area contributed by atoms with E-state index in [1.54, 1.807) is 36.1 Å². The average Bonchev–Trinajstić information content (AvgIpc) is 3.52. The molecule has 5 rings (SSSR count). The summed E-state index contributed by atoms with van der Waals surface area (Å²) >= 11 is 1.18. The zero-order valence-corrected chi connectivity index (χ0v) is 19.9. The van der Waals surface area contributed by atoms with E-state index in [2.05, 4.69) is 10.3 Å². The van der Waals surface area contributed by atoms with Crippen LogP contribution in [0.25, 0.3) is 10.4 Å². The smallest absolute Gasteiger partial charge is 0.418 e. The van der Waals surface area contributed by atoms with Gasteiger partial charge in [0.2, 0.25) is 0 Å². The summed E-state index contributed by atoms with van der Waals surface area (Å²) in [5.74, 6) is 0.406. The first-order chi connectivity index (χ1) is 16.8. The van der Waals surface area contributed by atoms with Crippen LogP contribution in [0.2, 0.25) is 0 Å². The Morgan fingerprint density at radius 2 is 1.97 bits per heavy atom. The van der Waals surface area contributed by atoms with Crippen molar-refractivity contribution < 1.29 is 27.8 Å². The molecule has 1 aliphatic heterocycles. The lowest BCUT2D eigenvalue weighted by atomic mass is 10.0. The zero-order valence-electron chi connectivity index (χ0n) is 19.1. The second-order valence-corrected chi connectivity index (χ2v) is 9.66. The Hall–Kier alpha value is -3.53. The van der Waals surface area contributed by atoms with Crippen LogP contribution in [0.5, 0.6) is 11.5 Å². The number of carbonyl (C=O) groups is 2. The molecule has 1 atom stereocenters. The van der Waals surface area contributed by atoms with Gasteiger partial charge in [0, 0.05) is 12.6 Å². The predicted octanol–water partition coefficient (Wildman–Crippen LogP) is 6.09. The molecule has 1 N–H and O–H groups in total. The van der Waals surface area contributed by atoms with Crippen molar-refractivity contribution in [3.05, 3.63) is 59.3 Å². The van der Waals surface area contributed by atoms with E-state index in [1.807, 2.05) is 19.1 Å². The van der Waals surface area contributed by atoms with Gasteiger partial charge in [0.1, 0.15) is 11.5 Å². The molecule has 2 heterocycles. The normalized spacial score (nSPS) is 15.8. The molecule has 7 nitrogen and oxygen atoms in total. The van der Waals surface area contributed by atoms with Gasteiger partial charge in [-0.25, -0.2) is 9.78 Å². The SMILES string of the molecule is Cc1nc(NC(=O)Oc2ccccc2)sc1-c1cc2c(c(OC(F)F)c1)C(=O)N([C@@H](C)C1CC1)C2. The van der Waals surface area contributed by atoms with Crippen LogP contribution in [0.1, 0.15) is 41.4 Å². The second-order valence-electron chi connectivity index (χ2n) is 8.66. The van der Waals surface area contributed by atoms with Crippen molar-refractivity contribution in [1.82, 2.24) is 9.88 Å². The molecule has 0 saturated heterocycles. The van der Waals surface area contributed by atoms with Crippen LogP contribution in [0, 0.1) is 12.8 Å². The van der Waals surface area contributed by atoms with Crippen LogP contribution < -0.4 is 14.8 Å². The maximum atomic E-state index is 13.2. The summed E-state index contributed by atoms with van der Waals surface area (Å²) in [6.07, 6.45) is 1.44. The minimum Gasteiger partial charge on any atom is -0.434 e. The Balaban J connectivity index is 1.42. The number of anilines is 1. The lowest BCUT2D eigenvalue weighted by Gasteiger charge is -2.24. The number of aromatic nitrogens is 1. The summed E-state index contributed by atoms with van der Waals surface area (Å²) in [7, 11) is 0. The molecule has 182 valence electrons. The molecule has 2 amide bonds. The molecule has 1 fully saturated rings. The fourth-order valence-electron chi connectivity index (χ4n) is 4.35. The van der Waals surface area contributed by atoms with E-state index in [-0.39, 0.29) is 23.3 Å². The number of para-hydroxylation sites is 1. The van der Waals surface area contributed by atoms with E-state index >= 15 is 0 Å². The Morgan fingerprint density at radius 3 is 2.66 bits per heavy atom. The summed E-state index contributed by atoms with van der Waals surface area (Å²) in [5, 5.41) is 2.90. The minimum atomic E-state index is -3.07. The number of rotatable bonds is 7. The Labute approximate surface area is 204 Å². The van der Waals surface area contributed by atoms with Gasteiger partial charge in [0.05, 0.1) is 16.1 Å². The number of thiazole rings is 1. The fraction of sp³-hybridized carbons (Fsp3) is 0.320. The molecule has 1 aliphatic carbocycles. The monoisotopic (exact) mass is 499 g/mol. The third-order valence-electron chi connectivity index (χ3n) is 6.23. The van der Waals surface area contributed by atoms with Crippen LogP contribution in [0.3, 0.4) is 0 Å². The molecule has 3 aromatic rings. The second kappa shape index (κ2) is 9.26. The highest BCUT2D eigenvalue weighted by Gasteiger charge is 2.40. The molecule has 2 aliphatic rings. The molecule has 1 saturated carbocycles. The largest absolute Gasteiger partial charge is 0.434 e. The first-order valence-corrected chi connectivity index (χ1v) is 12.1. The highest BCUT2D eigenvalue weighted by atomic mass is 32.1. The molecule has 2 aromatic carbocycles. The third-order valence-corrected chi connectivity index (χ3v) is 7.35. The van der Waals surface area contributed by atoms with Gasteiger partial charge < -0.3 is 14.4 Å². The Morgan fingerprint density at radius 1 is 1.23 bits per heavy atom. The van der Waals surface area contributed by atoms with Gasteiger partial charge in [-0.15, -0.1) is 0 Å². The quantitative estimate of drug-likeness (QED) is 0.426. The number of benzene rings is 2. The number of halogens is 2. The lowest BCUT2D eigenvalue weighted by Crippen LogP contribution is -2.34. The number of amides is 2. The number of carbonyl (C=O) groups excluding carboxylic acids is 2. The molecular formula is C25H23F2N3O4S. The third kappa shape index (κ3) is 4.84. The molecule has 1 aromatic heterocycles. The van der Waals surface area contributed by atoms with Crippen molar-refractivity contribution in [3.8, 4) is 21.9 Å². The summed E-state index contributed by atoms with van der Waals surface area (Å²) in [5.41, 5.74) is 2.02. The van der Waals surface area contributed by atoms with Crippen LogP contribution in [-0.2, 0) is 6.54 Å². The average molecular weight is 500 g/mol. The highest BCUT2D eigenvalue weighted by Crippen LogP contribution is 2.43. The van der Waals surface area contributed by atoms with Crippen molar-refractivity contribution in [3.63, 3.8) is 0 Å². The molecule has 0 radical (unpaired) electrons. The maximum Gasteiger partial charge on any atom is 0.418 e. The molecule has 0 unspecified atom stereocenters. The number of aryl methyl sites for hydroxylation is 1. The van der Waals surface area contributed by atoms with E-state index in [1.165, 1.54) is 17.4 Å². The van der Waals surface area contributed by atoms with Gasteiger partial charge in [0.25, 0.3) is 5.91 Å². The van der Waals surface area contributed by atoms with E-state index in [4.69, 9.17) is 9.47 Å². The lowest BCUT2D eigenvalue weighted by molar-refractivity contribution is -0.0501. The van der Waals surface area contributed by atoms with Gasteiger partial charge in [-0.1, -0.05) is 29.5 Å². The molecule has 0 spiro atoms. The van der Waals surface area contributed by atoms with E-state index < -0.39 is 12.7 Å². The number of hydrogen-bond acceptors (Lipinski definition) is 6. The van der Waals surface area contributed by atoms with Gasteiger partial charge in [-0.05, 0) is 68.0 Å². The minimum absolute atomic E-state index is 0.0364. The van der Waals surface area contributed by atoms with E-state index in [0.29, 0.717) is 45.0 Å². The Kier molecular flexibility index (Phi) is 6.14. The number of fused-ring (bicyclic) bond motifs is 1. The van der Waals surface area contributed by atoms with Gasteiger partial charge in [-0.2, -0.15) is 8.78 Å². The van der Waals surface area contributed by atoms with Gasteiger partial charge >= 0.3 is 12.7 Å². The topological polar surface area (TPSA) is 80.8 Å². The summed E-state index contributed by atoms with van der Waals surface area (Å²) < 4.78 is 36.5. The molecular weight excluding hydrogens is 476 g/mol. The van der Waals surface area contributed by atoms with Crippen molar-refractivity contribution in [1.29, 1.82) is 0 Å². The number of alkyl halides is 2. The van der Waals surface area contributed by atoms with Crippen molar-refractivity contribution in [2.24, 2.45) is 5.92 Å². The summed E-state index contributed by atoms with van der Waals surface area (Å²) in [6, 6.07) is 11.9. The van der Waals surface area contributed by atoms with Crippen molar-refractivity contribution in [2.45, 2.75) is 45.9 Å². The predicted molar refractivity (Wildman–Crippen MR) is 127 cm³/mol. The molecule has 35 heavy (non-hydrogen) atoms.